The maximum Gasteiger partial charge on any atom is 0.251 e. The zero-order valence-electron chi connectivity index (χ0n) is 25.2. The number of carbonyl (C=O) groups is 1. The predicted molar refractivity (Wildman–Crippen MR) is 170 cm³/mol. The van der Waals surface area contributed by atoms with E-state index in [0.717, 1.165) is 33.9 Å². The van der Waals surface area contributed by atoms with Crippen molar-refractivity contribution in [2.24, 2.45) is 23.7 Å². The average Bonchev–Trinajstić information content (AvgIpc) is 3.32. The van der Waals surface area contributed by atoms with Gasteiger partial charge in [-0.25, -0.2) is 8.42 Å². The monoisotopic (exact) mass is 604 g/mol. The molecule has 3 aromatic rings. The maximum atomic E-state index is 13.9. The fourth-order valence-corrected chi connectivity index (χ4v) is 10.1. The minimum Gasteiger partial charge on any atom is -0.390 e. The molecule has 2 atom stereocenters. The lowest BCUT2D eigenvalue weighted by Crippen LogP contribution is -2.57. The molecule has 4 bridgehead atoms. The van der Waals surface area contributed by atoms with E-state index in [-0.39, 0.29) is 11.7 Å². The number of nitrogens with zero attached hydrogens (tertiary/aromatic N) is 2. The molecule has 43 heavy (non-hydrogen) atoms. The van der Waals surface area contributed by atoms with Crippen molar-refractivity contribution >= 4 is 32.5 Å². The van der Waals surface area contributed by atoms with Gasteiger partial charge in [-0.05, 0) is 98.8 Å². The van der Waals surface area contributed by atoms with E-state index >= 15 is 0 Å². The van der Waals surface area contributed by atoms with Gasteiger partial charge in [0.05, 0.1) is 29.1 Å². The van der Waals surface area contributed by atoms with Crippen LogP contribution in [0.25, 0.3) is 10.9 Å². The Morgan fingerprint density at radius 3 is 2.42 bits per heavy atom. The molecule has 2 aromatic carbocycles. The molecule has 2 heterocycles. The van der Waals surface area contributed by atoms with Crippen molar-refractivity contribution in [2.45, 2.75) is 76.6 Å². The van der Waals surface area contributed by atoms with Crippen molar-refractivity contribution in [3.63, 3.8) is 0 Å². The van der Waals surface area contributed by atoms with Gasteiger partial charge in [0.1, 0.15) is 0 Å². The van der Waals surface area contributed by atoms with Crippen LogP contribution >= 0.6 is 0 Å². The molecule has 0 saturated heterocycles. The zero-order chi connectivity index (χ0) is 29.9. The van der Waals surface area contributed by atoms with E-state index in [0.29, 0.717) is 55.1 Å². The highest BCUT2D eigenvalue weighted by Crippen LogP contribution is 2.53. The Bertz CT molecular complexity index is 1590. The SMILES string of the molecule is CCn1cc2c3c(cc(C(=O)N[C@@H](Cc4ccccc4)[C@H](O)CNC4C5CC6CC(C5)CC4C6)cc31)N(C)S(=O)(=O)CC2. The third-order valence-corrected chi connectivity index (χ3v) is 12.6. The molecule has 0 unspecified atom stereocenters. The number of hydrogen-bond donors (Lipinski definition) is 3. The van der Waals surface area contributed by atoms with Crippen LogP contribution in [0.5, 0.6) is 0 Å². The van der Waals surface area contributed by atoms with Gasteiger partial charge in [0, 0.05) is 43.3 Å². The lowest BCUT2D eigenvalue weighted by Gasteiger charge is -2.54. The maximum absolute atomic E-state index is 13.9. The summed E-state index contributed by atoms with van der Waals surface area (Å²) in [7, 11) is -1.93. The number of rotatable bonds is 9. The Labute approximate surface area is 254 Å². The Morgan fingerprint density at radius 1 is 1.05 bits per heavy atom. The standard InChI is InChI=1S/C34H44N4O4S/c1-3-38-20-24-9-10-43(41,42)37(2)29-17-27(18-30(38)32(24)29)34(40)36-28(16-21-7-5-4-6-8-21)31(39)19-35-33-25-12-22-11-23(14-25)15-26(33)13-22/h4-8,17-18,20,22-23,25-26,28,31,33,35,39H,3,9-16,19H2,1-2H3,(H,36,40)/t22?,23?,25?,26?,28-,31+,33?/m0/s1. The number of benzene rings is 2. The summed E-state index contributed by atoms with van der Waals surface area (Å²) in [6, 6.07) is 13.5. The molecule has 4 aliphatic carbocycles. The summed E-state index contributed by atoms with van der Waals surface area (Å²) in [5, 5.41) is 19.4. The van der Waals surface area contributed by atoms with E-state index in [1.165, 1.54) is 36.4 Å². The van der Waals surface area contributed by atoms with Crippen LogP contribution in [0.4, 0.5) is 5.69 Å². The highest BCUT2D eigenvalue weighted by atomic mass is 32.2. The summed E-state index contributed by atoms with van der Waals surface area (Å²) < 4.78 is 29.4. The van der Waals surface area contributed by atoms with E-state index in [2.05, 4.69) is 15.2 Å². The number of aromatic nitrogens is 1. The fraction of sp³-hybridized carbons (Fsp3) is 0.559. The van der Waals surface area contributed by atoms with Crippen molar-refractivity contribution in [1.29, 1.82) is 0 Å². The lowest BCUT2D eigenvalue weighted by atomic mass is 9.54. The number of aryl methyl sites for hydroxylation is 2. The van der Waals surface area contributed by atoms with E-state index in [9.17, 15) is 18.3 Å². The third kappa shape index (κ3) is 5.38. The molecule has 230 valence electrons. The van der Waals surface area contributed by atoms with Crippen LogP contribution in [-0.4, -0.2) is 61.5 Å². The van der Waals surface area contributed by atoms with E-state index in [1.54, 1.807) is 13.1 Å². The van der Waals surface area contributed by atoms with E-state index < -0.39 is 22.2 Å². The molecule has 3 N–H and O–H groups in total. The van der Waals surface area contributed by atoms with Gasteiger partial charge >= 0.3 is 0 Å². The minimum atomic E-state index is -3.50. The molecule has 4 fully saturated rings. The Hall–Kier alpha value is -2.88. The van der Waals surface area contributed by atoms with Gasteiger partial charge in [-0.3, -0.25) is 9.10 Å². The first-order valence-corrected chi connectivity index (χ1v) is 17.7. The number of aliphatic hydroxyl groups excluding tert-OH is 1. The summed E-state index contributed by atoms with van der Waals surface area (Å²) in [5.41, 5.74) is 3.81. The Balaban J connectivity index is 1.15. The highest BCUT2D eigenvalue weighted by molar-refractivity contribution is 7.92. The number of hydrogen-bond acceptors (Lipinski definition) is 5. The lowest BCUT2D eigenvalue weighted by molar-refractivity contribution is -0.0185. The molecule has 9 heteroatoms. The smallest absolute Gasteiger partial charge is 0.251 e. The molecule has 8 rings (SSSR count). The van der Waals surface area contributed by atoms with Crippen LogP contribution in [-0.2, 0) is 29.4 Å². The fourth-order valence-electron chi connectivity index (χ4n) is 8.91. The molecular formula is C34H44N4O4S. The Kier molecular flexibility index (Phi) is 7.54. The summed E-state index contributed by atoms with van der Waals surface area (Å²) in [6.45, 7) is 3.19. The highest BCUT2D eigenvalue weighted by Gasteiger charge is 2.48. The van der Waals surface area contributed by atoms with Gasteiger partial charge in [-0.2, -0.15) is 0 Å². The summed E-state index contributed by atoms with van der Waals surface area (Å²) >= 11 is 0. The quantitative estimate of drug-likeness (QED) is 0.341. The van der Waals surface area contributed by atoms with Crippen LogP contribution in [0.15, 0.2) is 48.7 Å². The first kappa shape index (κ1) is 28.9. The molecule has 4 saturated carbocycles. The van der Waals surface area contributed by atoms with Crippen molar-refractivity contribution in [3.05, 3.63) is 65.4 Å². The summed E-state index contributed by atoms with van der Waals surface area (Å²) in [4.78, 5) is 13.9. The second-order valence-electron chi connectivity index (χ2n) is 13.6. The van der Waals surface area contributed by atoms with Gasteiger partial charge < -0.3 is 20.3 Å². The molecule has 0 spiro atoms. The minimum absolute atomic E-state index is 0.0326. The molecular weight excluding hydrogens is 560 g/mol. The van der Waals surface area contributed by atoms with Crippen LogP contribution in [0.2, 0.25) is 0 Å². The number of amides is 1. The van der Waals surface area contributed by atoms with Gasteiger partial charge in [0.15, 0.2) is 0 Å². The zero-order valence-corrected chi connectivity index (χ0v) is 26.0. The number of anilines is 1. The largest absolute Gasteiger partial charge is 0.390 e. The van der Waals surface area contributed by atoms with Gasteiger partial charge in [0.25, 0.3) is 5.91 Å². The van der Waals surface area contributed by atoms with Crippen molar-refractivity contribution in [3.8, 4) is 0 Å². The van der Waals surface area contributed by atoms with E-state index in [1.807, 2.05) is 49.5 Å². The van der Waals surface area contributed by atoms with Crippen LogP contribution in [0.3, 0.4) is 0 Å². The molecule has 0 radical (unpaired) electrons. The normalized spacial score (nSPS) is 28.5. The Morgan fingerprint density at radius 2 is 1.74 bits per heavy atom. The van der Waals surface area contributed by atoms with Gasteiger partial charge in [-0.15, -0.1) is 0 Å². The molecule has 5 aliphatic rings. The van der Waals surface area contributed by atoms with Crippen molar-refractivity contribution in [2.75, 3.05) is 23.7 Å². The first-order valence-electron chi connectivity index (χ1n) is 16.1. The predicted octanol–water partition coefficient (Wildman–Crippen LogP) is 4.10. The molecule has 1 aromatic heterocycles. The van der Waals surface area contributed by atoms with Gasteiger partial charge in [-0.1, -0.05) is 30.3 Å². The van der Waals surface area contributed by atoms with Crippen molar-refractivity contribution in [1.82, 2.24) is 15.2 Å². The van der Waals surface area contributed by atoms with Crippen LogP contribution < -0.4 is 14.9 Å². The van der Waals surface area contributed by atoms with E-state index in [4.69, 9.17) is 0 Å². The number of aliphatic hydroxyl groups is 1. The third-order valence-electron chi connectivity index (χ3n) is 10.9. The topological polar surface area (TPSA) is 104 Å². The molecule has 8 nitrogen and oxygen atoms in total. The molecule has 1 aliphatic heterocycles. The average molecular weight is 605 g/mol. The number of sulfonamides is 1. The first-order chi connectivity index (χ1) is 20.7. The number of nitrogens with one attached hydrogen (secondary N) is 2. The van der Waals surface area contributed by atoms with Crippen LogP contribution in [0.1, 0.15) is 60.5 Å². The second-order valence-corrected chi connectivity index (χ2v) is 15.7. The summed E-state index contributed by atoms with van der Waals surface area (Å²) in [5.74, 6) is 2.90. The molecule has 1 amide bonds. The number of carbonyl (C=O) groups excluding carboxylic acids is 1. The van der Waals surface area contributed by atoms with Gasteiger partial charge in [0.2, 0.25) is 10.0 Å². The second kappa shape index (κ2) is 11.2. The van der Waals surface area contributed by atoms with Crippen molar-refractivity contribution < 1.29 is 18.3 Å². The van der Waals surface area contributed by atoms with Crippen LogP contribution in [0, 0.1) is 23.7 Å². The summed E-state index contributed by atoms with van der Waals surface area (Å²) in [6.07, 6.45) is 8.81.